The van der Waals surface area contributed by atoms with Crippen LogP contribution in [0.2, 0.25) is 0 Å². The maximum absolute atomic E-state index is 12.6. The summed E-state index contributed by atoms with van der Waals surface area (Å²) in [7, 11) is 0. The smallest absolute Gasteiger partial charge is 0.271 e. The molecule has 1 aromatic carbocycles. The van der Waals surface area contributed by atoms with E-state index in [1.807, 2.05) is 25.1 Å². The maximum Gasteiger partial charge on any atom is 0.271 e. The molecular weight excluding hydrogens is 405 g/mol. The molecule has 144 valence electrons. The minimum Gasteiger partial charge on any atom is -0.462 e. The van der Waals surface area contributed by atoms with E-state index < -0.39 is 0 Å². The number of nitrogens with zero attached hydrogens (tertiary/aromatic N) is 1. The van der Waals surface area contributed by atoms with E-state index in [-0.39, 0.29) is 36.8 Å². The van der Waals surface area contributed by atoms with E-state index in [0.717, 1.165) is 22.9 Å². The quantitative estimate of drug-likeness (QED) is 0.657. The Hall–Kier alpha value is -1.86. The topological polar surface area (TPSA) is 67.2 Å². The van der Waals surface area contributed by atoms with E-state index in [4.69, 9.17) is 4.42 Å². The molecule has 1 atom stereocenters. The van der Waals surface area contributed by atoms with Crippen LogP contribution in [0.3, 0.4) is 0 Å². The predicted octanol–water partition coefficient (Wildman–Crippen LogP) is 4.17. The average molecular weight is 426 g/mol. The van der Waals surface area contributed by atoms with Gasteiger partial charge in [0.25, 0.3) is 5.91 Å². The number of furan rings is 1. The molecule has 2 aromatic heterocycles. The third-order valence-corrected chi connectivity index (χ3v) is 5.41. The van der Waals surface area contributed by atoms with Crippen molar-refractivity contribution in [1.82, 2.24) is 15.6 Å². The highest BCUT2D eigenvalue weighted by Crippen LogP contribution is 2.28. The molecule has 1 unspecified atom stereocenters. The summed E-state index contributed by atoms with van der Waals surface area (Å²) in [5, 5.41) is 7.23. The molecule has 0 aliphatic carbocycles. The lowest BCUT2D eigenvalue weighted by atomic mass is 9.94. The number of rotatable bonds is 4. The number of halogens is 2. The Kier molecular flexibility index (Phi) is 7.44. The van der Waals surface area contributed by atoms with Crippen LogP contribution in [0.1, 0.15) is 32.5 Å². The number of aryl methyl sites for hydroxylation is 1. The van der Waals surface area contributed by atoms with Gasteiger partial charge in [-0.05, 0) is 43.1 Å². The van der Waals surface area contributed by atoms with Crippen LogP contribution < -0.4 is 10.6 Å². The summed E-state index contributed by atoms with van der Waals surface area (Å²) in [6, 6.07) is 12.2. The Bertz CT molecular complexity index is 896. The molecule has 5 nitrogen and oxygen atoms in total. The van der Waals surface area contributed by atoms with E-state index in [1.165, 1.54) is 22.5 Å². The van der Waals surface area contributed by atoms with Crippen molar-refractivity contribution in [3.8, 4) is 10.8 Å². The zero-order valence-electron chi connectivity index (χ0n) is 14.7. The van der Waals surface area contributed by atoms with E-state index >= 15 is 0 Å². The Labute approximate surface area is 174 Å². The fraction of sp³-hybridized carbons (Fsp3) is 0.263. The molecule has 1 amide bonds. The lowest BCUT2D eigenvalue weighted by molar-refractivity contribution is 0.0944. The highest BCUT2D eigenvalue weighted by Gasteiger charge is 2.22. The number of nitrogens with one attached hydrogen (secondary N) is 2. The Morgan fingerprint density at radius 1 is 1.30 bits per heavy atom. The van der Waals surface area contributed by atoms with Gasteiger partial charge in [-0.2, -0.15) is 0 Å². The second-order valence-corrected chi connectivity index (χ2v) is 7.27. The molecule has 0 saturated carbocycles. The lowest BCUT2D eigenvalue weighted by Gasteiger charge is -2.27. The minimum atomic E-state index is -0.142. The number of hydrogen-bond acceptors (Lipinski definition) is 5. The minimum absolute atomic E-state index is 0. The van der Waals surface area contributed by atoms with Crippen LogP contribution >= 0.6 is 36.2 Å². The van der Waals surface area contributed by atoms with Crippen LogP contribution in [0.25, 0.3) is 10.8 Å². The summed E-state index contributed by atoms with van der Waals surface area (Å²) in [4.78, 5) is 17.9. The van der Waals surface area contributed by atoms with E-state index in [1.54, 1.807) is 6.26 Å². The second-order valence-electron chi connectivity index (χ2n) is 6.07. The number of aromatic nitrogens is 1. The molecule has 0 radical (unpaired) electrons. The van der Waals surface area contributed by atoms with E-state index in [9.17, 15) is 4.79 Å². The van der Waals surface area contributed by atoms with Crippen molar-refractivity contribution in [1.29, 1.82) is 0 Å². The van der Waals surface area contributed by atoms with Gasteiger partial charge >= 0.3 is 0 Å². The Balaban J connectivity index is 0.00000131. The van der Waals surface area contributed by atoms with Crippen molar-refractivity contribution < 1.29 is 9.21 Å². The van der Waals surface area contributed by atoms with Gasteiger partial charge in [-0.15, -0.1) is 36.2 Å². The van der Waals surface area contributed by atoms with Crippen LogP contribution in [-0.2, 0) is 6.42 Å². The number of carbonyl (C=O) groups excluding carboxylic acids is 1. The molecule has 4 rings (SSSR count). The van der Waals surface area contributed by atoms with Gasteiger partial charge in [0.15, 0.2) is 10.8 Å². The zero-order chi connectivity index (χ0) is 17.2. The van der Waals surface area contributed by atoms with Gasteiger partial charge in [-0.1, -0.05) is 24.3 Å². The van der Waals surface area contributed by atoms with Gasteiger partial charge in [0.05, 0.1) is 6.26 Å². The average Bonchev–Trinajstić information content (AvgIpc) is 3.29. The van der Waals surface area contributed by atoms with Crippen LogP contribution in [0.15, 0.2) is 47.1 Å². The fourth-order valence-corrected chi connectivity index (χ4v) is 4.04. The van der Waals surface area contributed by atoms with Crippen LogP contribution in [-0.4, -0.2) is 24.0 Å². The predicted molar refractivity (Wildman–Crippen MR) is 112 cm³/mol. The molecule has 3 aromatic rings. The molecule has 0 spiro atoms. The first-order valence-corrected chi connectivity index (χ1v) is 9.14. The molecule has 1 aliphatic rings. The number of carbonyl (C=O) groups is 1. The largest absolute Gasteiger partial charge is 0.462 e. The van der Waals surface area contributed by atoms with Gasteiger partial charge < -0.3 is 15.1 Å². The maximum atomic E-state index is 12.6. The number of amides is 1. The first kappa shape index (κ1) is 21.4. The monoisotopic (exact) mass is 425 g/mol. The molecular formula is C19H21Cl2N3O2S. The zero-order valence-corrected chi connectivity index (χ0v) is 17.2. The van der Waals surface area contributed by atoms with Crippen molar-refractivity contribution >= 4 is 42.1 Å². The van der Waals surface area contributed by atoms with Crippen molar-refractivity contribution in [3.63, 3.8) is 0 Å². The normalized spacial score (nSPS) is 15.2. The molecule has 0 fully saturated rings. The van der Waals surface area contributed by atoms with Gasteiger partial charge in [0.2, 0.25) is 0 Å². The number of benzene rings is 1. The summed E-state index contributed by atoms with van der Waals surface area (Å²) < 4.78 is 5.37. The lowest BCUT2D eigenvalue weighted by Crippen LogP contribution is -2.39. The third-order valence-electron chi connectivity index (χ3n) is 4.43. The van der Waals surface area contributed by atoms with Crippen molar-refractivity contribution in [2.75, 3.05) is 13.1 Å². The Morgan fingerprint density at radius 2 is 2.11 bits per heavy atom. The molecule has 8 heteroatoms. The summed E-state index contributed by atoms with van der Waals surface area (Å²) >= 11 is 1.47. The molecule has 1 aliphatic heterocycles. The summed E-state index contributed by atoms with van der Waals surface area (Å²) in [5.74, 6) is 0.548. The summed E-state index contributed by atoms with van der Waals surface area (Å²) in [5.41, 5.74) is 3.09. The van der Waals surface area contributed by atoms with Crippen LogP contribution in [0, 0.1) is 6.92 Å². The van der Waals surface area contributed by atoms with Crippen LogP contribution in [0.5, 0.6) is 0 Å². The van der Waals surface area contributed by atoms with Gasteiger partial charge in [-0.25, -0.2) is 4.98 Å². The van der Waals surface area contributed by atoms with Gasteiger partial charge in [-0.3, -0.25) is 4.79 Å². The first-order chi connectivity index (χ1) is 12.2. The van der Waals surface area contributed by atoms with Crippen molar-refractivity contribution in [3.05, 3.63) is 64.4 Å². The van der Waals surface area contributed by atoms with Crippen LogP contribution in [0.4, 0.5) is 0 Å². The van der Waals surface area contributed by atoms with Crippen molar-refractivity contribution in [2.45, 2.75) is 19.4 Å². The third kappa shape index (κ3) is 4.52. The van der Waals surface area contributed by atoms with E-state index in [0.29, 0.717) is 18.0 Å². The fourth-order valence-electron chi connectivity index (χ4n) is 3.17. The number of fused-ring (bicyclic) bond motifs is 1. The Morgan fingerprint density at radius 3 is 2.89 bits per heavy atom. The molecule has 0 bridgehead atoms. The standard InChI is InChI=1S/C19H19N3O2S.2ClH/c1-12-17(22-19(25-12)16-7-4-10-24-16)18(23)21-11-15-14-6-3-2-5-13(14)8-9-20-15;;/h2-7,10,15,20H,8-9,11H2,1H3,(H,21,23);2*1H. The molecule has 2 N–H and O–H groups in total. The van der Waals surface area contributed by atoms with Crippen molar-refractivity contribution in [2.24, 2.45) is 0 Å². The number of thiazole rings is 1. The SMILES string of the molecule is Cc1sc(-c2ccco2)nc1C(=O)NCC1NCCc2ccccc21.Cl.Cl. The molecule has 3 heterocycles. The highest BCUT2D eigenvalue weighted by atomic mass is 35.5. The van der Waals surface area contributed by atoms with Gasteiger partial charge in [0, 0.05) is 17.5 Å². The van der Waals surface area contributed by atoms with Gasteiger partial charge in [0.1, 0.15) is 5.69 Å². The summed E-state index contributed by atoms with van der Waals surface area (Å²) in [6.45, 7) is 3.38. The molecule has 27 heavy (non-hydrogen) atoms. The summed E-state index contributed by atoms with van der Waals surface area (Å²) in [6.07, 6.45) is 2.64. The molecule has 0 saturated heterocycles. The number of hydrogen-bond donors (Lipinski definition) is 2. The second kappa shape index (κ2) is 9.37. The first-order valence-electron chi connectivity index (χ1n) is 8.33. The highest BCUT2D eigenvalue weighted by molar-refractivity contribution is 7.15. The van der Waals surface area contributed by atoms with E-state index in [2.05, 4.69) is 33.8 Å².